The number of hydrogen-bond acceptors (Lipinski definition) is 5. The number of Topliss-reactive ketones (excluding diaryl/α,β-unsaturated/α-hetero) is 2. The molecule has 0 aromatic carbocycles. The second kappa shape index (κ2) is 11.3. The molecule has 1 aliphatic heterocycles. The quantitative estimate of drug-likeness (QED) is 0.384. The maximum Gasteiger partial charge on any atom is 0.287 e. The number of rotatable bonds is 11. The Kier molecular flexibility index (Phi) is 8.63. The van der Waals surface area contributed by atoms with Crippen molar-refractivity contribution in [2.75, 3.05) is 6.54 Å². The molecule has 8 heteroatoms. The van der Waals surface area contributed by atoms with Crippen LogP contribution in [0.25, 0.3) is 0 Å². The molecule has 3 amide bonds. The van der Waals surface area contributed by atoms with Crippen molar-refractivity contribution in [3.05, 3.63) is 0 Å². The lowest BCUT2D eigenvalue weighted by molar-refractivity contribution is -0.148. The van der Waals surface area contributed by atoms with E-state index in [1.807, 2.05) is 20.8 Å². The van der Waals surface area contributed by atoms with Gasteiger partial charge < -0.3 is 16.0 Å². The fourth-order valence-corrected chi connectivity index (χ4v) is 7.52. The summed E-state index contributed by atoms with van der Waals surface area (Å²) in [6, 6.07) is -1.69. The van der Waals surface area contributed by atoms with Crippen molar-refractivity contribution in [3.63, 3.8) is 0 Å². The summed E-state index contributed by atoms with van der Waals surface area (Å²) in [5, 5.41) is 2.84. The number of nitrogens with one attached hydrogen (secondary N) is 1. The third-order valence-corrected chi connectivity index (χ3v) is 10.4. The van der Waals surface area contributed by atoms with E-state index in [4.69, 9.17) is 5.73 Å². The minimum atomic E-state index is -1.05. The molecular formula is C31H49N3O5. The number of carbonyl (C=O) groups is 5. The molecule has 5 unspecified atom stereocenters. The number of carbonyl (C=O) groups excluding carboxylic acids is 5. The highest BCUT2D eigenvalue weighted by Gasteiger charge is 2.69. The molecule has 8 nitrogen and oxygen atoms in total. The van der Waals surface area contributed by atoms with Gasteiger partial charge in [0.2, 0.25) is 17.6 Å². The molecule has 0 radical (unpaired) electrons. The van der Waals surface area contributed by atoms with E-state index in [1.165, 1.54) is 19.3 Å². The lowest BCUT2D eigenvalue weighted by Crippen LogP contribution is -2.57. The van der Waals surface area contributed by atoms with Crippen LogP contribution in [0.1, 0.15) is 105 Å². The van der Waals surface area contributed by atoms with Crippen LogP contribution in [-0.4, -0.2) is 52.8 Å². The summed E-state index contributed by atoms with van der Waals surface area (Å²) in [6.07, 6.45) is 9.85. The summed E-state index contributed by atoms with van der Waals surface area (Å²) in [6.45, 7) is 10.6. The zero-order chi connectivity index (χ0) is 28.7. The Morgan fingerprint density at radius 1 is 0.949 bits per heavy atom. The van der Waals surface area contributed by atoms with Gasteiger partial charge in [-0.2, -0.15) is 0 Å². The highest BCUT2D eigenvalue weighted by atomic mass is 16.2. The number of likely N-dealkylation sites (tertiary alicyclic amines) is 1. The van der Waals surface area contributed by atoms with Gasteiger partial charge in [0.05, 0.1) is 6.04 Å². The fraction of sp³-hybridized carbons (Fsp3) is 0.839. The zero-order valence-corrected chi connectivity index (χ0v) is 24.6. The summed E-state index contributed by atoms with van der Waals surface area (Å²) in [5.74, 6) is -1.90. The van der Waals surface area contributed by atoms with E-state index in [-0.39, 0.29) is 47.2 Å². The van der Waals surface area contributed by atoms with Crippen molar-refractivity contribution >= 4 is 29.3 Å². The summed E-state index contributed by atoms with van der Waals surface area (Å²) < 4.78 is 0. The standard InChI is InChI=1S/C31H49N3O5/c1-30(2,3)21(16-20(35)14-18-10-7-6-8-11-18)29(39)34-17-22-24(31(22,4)5)25(34)28(38)33-23(26(36)27(32)37)15-19-12-9-13-19/h18-19,21-25H,6-17H2,1-5H3,(H2,32,37)(H,33,38). The average Bonchev–Trinajstić information content (AvgIpc) is 3.15. The number of nitrogens with zero attached hydrogens (tertiary/aromatic N) is 1. The summed E-state index contributed by atoms with van der Waals surface area (Å²) >= 11 is 0. The van der Waals surface area contributed by atoms with Crippen LogP contribution in [0.5, 0.6) is 0 Å². The number of nitrogens with two attached hydrogens (primary N) is 1. The van der Waals surface area contributed by atoms with E-state index >= 15 is 0 Å². The second-order valence-corrected chi connectivity index (χ2v) is 14.6. The Labute approximate surface area is 233 Å². The minimum absolute atomic E-state index is 0.0203. The molecule has 5 atom stereocenters. The van der Waals surface area contributed by atoms with Crippen LogP contribution in [-0.2, 0) is 24.0 Å². The molecule has 3 saturated carbocycles. The monoisotopic (exact) mass is 543 g/mol. The van der Waals surface area contributed by atoms with Crippen LogP contribution in [0.4, 0.5) is 0 Å². The number of amides is 3. The van der Waals surface area contributed by atoms with Gasteiger partial charge in [0.25, 0.3) is 5.91 Å². The average molecular weight is 544 g/mol. The Morgan fingerprint density at radius 3 is 2.10 bits per heavy atom. The largest absolute Gasteiger partial charge is 0.363 e. The van der Waals surface area contributed by atoms with Crippen molar-refractivity contribution in [2.45, 2.75) is 117 Å². The zero-order valence-electron chi connectivity index (χ0n) is 24.6. The van der Waals surface area contributed by atoms with E-state index in [2.05, 4.69) is 19.2 Å². The molecule has 4 aliphatic rings. The molecular weight excluding hydrogens is 494 g/mol. The van der Waals surface area contributed by atoms with Gasteiger partial charge in [-0.05, 0) is 40.9 Å². The van der Waals surface area contributed by atoms with Crippen molar-refractivity contribution in [1.82, 2.24) is 10.2 Å². The first-order valence-electron chi connectivity index (χ1n) is 15.2. The van der Waals surface area contributed by atoms with Gasteiger partial charge in [0.15, 0.2) is 0 Å². The van der Waals surface area contributed by atoms with Crippen molar-refractivity contribution in [2.24, 2.45) is 46.2 Å². The van der Waals surface area contributed by atoms with Crippen LogP contribution in [0.15, 0.2) is 0 Å². The van der Waals surface area contributed by atoms with Gasteiger partial charge in [-0.3, -0.25) is 24.0 Å². The summed E-state index contributed by atoms with van der Waals surface area (Å²) in [7, 11) is 0. The van der Waals surface area contributed by atoms with E-state index in [0.717, 1.165) is 32.1 Å². The van der Waals surface area contributed by atoms with Crippen LogP contribution >= 0.6 is 0 Å². The molecule has 3 aliphatic carbocycles. The van der Waals surface area contributed by atoms with Gasteiger partial charge in [-0.1, -0.05) is 86.0 Å². The maximum atomic E-state index is 14.1. The number of hydrogen-bond donors (Lipinski definition) is 2. The van der Waals surface area contributed by atoms with E-state index < -0.39 is 35.1 Å². The van der Waals surface area contributed by atoms with Crippen LogP contribution in [0, 0.1) is 40.4 Å². The Hall–Kier alpha value is -2.25. The second-order valence-electron chi connectivity index (χ2n) is 14.6. The first-order chi connectivity index (χ1) is 18.2. The van der Waals surface area contributed by atoms with E-state index in [1.54, 1.807) is 4.90 Å². The Morgan fingerprint density at radius 2 is 1.56 bits per heavy atom. The molecule has 1 heterocycles. The lowest BCUT2D eigenvalue weighted by Gasteiger charge is -2.38. The van der Waals surface area contributed by atoms with E-state index in [9.17, 15) is 24.0 Å². The number of piperidine rings is 1. The van der Waals surface area contributed by atoms with Gasteiger partial charge in [0, 0.05) is 25.3 Å². The third kappa shape index (κ3) is 6.40. The topological polar surface area (TPSA) is 127 Å². The van der Waals surface area contributed by atoms with Gasteiger partial charge in [0.1, 0.15) is 11.8 Å². The molecule has 4 fully saturated rings. The van der Waals surface area contributed by atoms with Crippen molar-refractivity contribution in [3.8, 4) is 0 Å². The van der Waals surface area contributed by atoms with Crippen molar-refractivity contribution in [1.29, 1.82) is 0 Å². The third-order valence-electron chi connectivity index (χ3n) is 10.4. The molecule has 0 aromatic heterocycles. The first kappa shape index (κ1) is 29.7. The number of fused-ring (bicyclic) bond motifs is 1. The van der Waals surface area contributed by atoms with E-state index in [0.29, 0.717) is 25.3 Å². The Balaban J connectivity index is 1.50. The SMILES string of the molecule is CC(C)(C)C(CC(=O)CC1CCCCC1)C(=O)N1CC2C(C1C(=O)NC(CC1CCC1)C(=O)C(N)=O)C2(C)C. The van der Waals surface area contributed by atoms with Crippen LogP contribution in [0.3, 0.4) is 0 Å². The summed E-state index contributed by atoms with van der Waals surface area (Å²) in [5.41, 5.74) is 4.78. The maximum absolute atomic E-state index is 14.1. The molecule has 0 spiro atoms. The molecule has 39 heavy (non-hydrogen) atoms. The molecule has 1 saturated heterocycles. The number of ketones is 2. The molecule has 218 valence electrons. The summed E-state index contributed by atoms with van der Waals surface area (Å²) in [4.78, 5) is 67.1. The molecule has 0 bridgehead atoms. The van der Waals surface area contributed by atoms with Crippen LogP contribution in [0.2, 0.25) is 0 Å². The predicted molar refractivity (Wildman–Crippen MR) is 148 cm³/mol. The first-order valence-corrected chi connectivity index (χ1v) is 15.2. The van der Waals surface area contributed by atoms with Crippen LogP contribution < -0.4 is 11.1 Å². The van der Waals surface area contributed by atoms with Gasteiger partial charge >= 0.3 is 0 Å². The van der Waals surface area contributed by atoms with Crippen molar-refractivity contribution < 1.29 is 24.0 Å². The molecule has 3 N–H and O–H groups in total. The van der Waals surface area contributed by atoms with Gasteiger partial charge in [-0.25, -0.2) is 0 Å². The van der Waals surface area contributed by atoms with Gasteiger partial charge in [-0.15, -0.1) is 0 Å². The molecule has 0 aromatic rings. The predicted octanol–water partition coefficient (Wildman–Crippen LogP) is 3.79. The highest BCUT2D eigenvalue weighted by Crippen LogP contribution is 2.65. The minimum Gasteiger partial charge on any atom is -0.363 e. The highest BCUT2D eigenvalue weighted by molar-refractivity contribution is 6.37. The smallest absolute Gasteiger partial charge is 0.287 e. The normalized spacial score (nSPS) is 28.1. The fourth-order valence-electron chi connectivity index (χ4n) is 7.52. The molecule has 4 rings (SSSR count). The lowest BCUT2D eigenvalue weighted by atomic mass is 9.75. The number of primary amides is 1. The Bertz CT molecular complexity index is 989.